The maximum Gasteiger partial charge on any atom is 0.279 e. The van der Waals surface area contributed by atoms with Crippen molar-refractivity contribution < 1.29 is 28.5 Å². The van der Waals surface area contributed by atoms with Crippen LogP contribution in [0, 0.1) is 0 Å². The van der Waals surface area contributed by atoms with E-state index in [2.05, 4.69) is 45.5 Å². The summed E-state index contributed by atoms with van der Waals surface area (Å²) < 4.78 is 2.06. The third-order valence-electron chi connectivity index (χ3n) is 2.66. The van der Waals surface area contributed by atoms with Crippen molar-refractivity contribution >= 4 is 11.5 Å². The Hall–Kier alpha value is -1.14. The Balaban J connectivity index is 0.00000162. The molecule has 1 heterocycles. The number of pyridine rings is 1. The molecule has 2 rings (SSSR count). The molecule has 1 aromatic heterocycles. The molecule has 0 amide bonds. The highest BCUT2D eigenvalue weighted by molar-refractivity contribution is 5.54. The van der Waals surface area contributed by atoms with E-state index in [0.29, 0.717) is 0 Å². The minimum absolute atomic E-state index is 0. The van der Waals surface area contributed by atoms with E-state index in [1.807, 2.05) is 32.4 Å². The molecular weight excluding hydrogens is 337 g/mol. The monoisotopic (exact) mass is 355 g/mol. The van der Waals surface area contributed by atoms with Crippen LogP contribution in [0.1, 0.15) is 5.56 Å². The van der Waals surface area contributed by atoms with Crippen LogP contribution in [-0.2, 0) is 13.6 Å². The molecule has 0 aliphatic rings. The highest BCUT2D eigenvalue weighted by Crippen LogP contribution is 2.13. The average molecular weight is 355 g/mol. The molecule has 0 radical (unpaired) electrons. The van der Waals surface area contributed by atoms with Crippen LogP contribution in [0.3, 0.4) is 0 Å². The molecule has 0 aliphatic carbocycles. The van der Waals surface area contributed by atoms with Crippen LogP contribution in [0.5, 0.6) is 0 Å². The van der Waals surface area contributed by atoms with Gasteiger partial charge in [-0.2, -0.15) is 0 Å². The maximum absolute atomic E-state index is 3.38. The van der Waals surface area contributed by atoms with Crippen LogP contribution in [0.25, 0.3) is 0 Å². The normalized spacial score (nSPS) is 9.67. The fourth-order valence-electron chi connectivity index (χ4n) is 1.71. The lowest BCUT2D eigenvalue weighted by atomic mass is 10.2. The summed E-state index contributed by atoms with van der Waals surface area (Å²) in [6.45, 7) is 0.902. The quantitative estimate of drug-likeness (QED) is 0.543. The Bertz CT molecular complexity index is 483. The van der Waals surface area contributed by atoms with Gasteiger partial charge in [0.15, 0.2) is 0 Å². The molecule has 0 fully saturated rings. The number of hydrogen-bond donors (Lipinski definition) is 2. The molecule has 96 valence electrons. The Morgan fingerprint density at radius 3 is 2.39 bits per heavy atom. The molecule has 18 heavy (non-hydrogen) atoms. The van der Waals surface area contributed by atoms with Gasteiger partial charge in [-0.1, -0.05) is 18.2 Å². The van der Waals surface area contributed by atoms with Crippen molar-refractivity contribution in [3.63, 3.8) is 0 Å². The summed E-state index contributed by atoms with van der Waals surface area (Å²) in [5, 5.41) is 6.52. The van der Waals surface area contributed by atoms with E-state index in [1.165, 1.54) is 5.56 Å². The zero-order valence-corrected chi connectivity index (χ0v) is 12.8. The molecular formula is C14H18IN3. The lowest BCUT2D eigenvalue weighted by Crippen LogP contribution is -3.00. The smallest absolute Gasteiger partial charge is 0.279 e. The van der Waals surface area contributed by atoms with Gasteiger partial charge in [0.25, 0.3) is 5.82 Å². The largest absolute Gasteiger partial charge is 1.00 e. The van der Waals surface area contributed by atoms with Gasteiger partial charge in [-0.15, -0.1) is 0 Å². The van der Waals surface area contributed by atoms with Gasteiger partial charge < -0.3 is 29.3 Å². The average Bonchev–Trinajstić information content (AvgIpc) is 2.35. The Morgan fingerprint density at radius 2 is 1.78 bits per heavy atom. The molecule has 3 nitrogen and oxygen atoms in total. The number of aromatic nitrogens is 1. The first-order valence-electron chi connectivity index (χ1n) is 5.75. The van der Waals surface area contributed by atoms with Gasteiger partial charge in [-0.05, 0) is 30.8 Å². The molecule has 0 bridgehead atoms. The lowest BCUT2D eigenvalue weighted by Gasteiger charge is -2.04. The summed E-state index contributed by atoms with van der Waals surface area (Å²) in [5.41, 5.74) is 2.39. The zero-order valence-electron chi connectivity index (χ0n) is 10.7. The second-order valence-electron chi connectivity index (χ2n) is 4.05. The molecule has 0 saturated heterocycles. The van der Waals surface area contributed by atoms with Crippen molar-refractivity contribution in [2.75, 3.05) is 12.4 Å². The number of hydrogen-bond acceptors (Lipinski definition) is 2. The van der Waals surface area contributed by atoms with Crippen molar-refractivity contribution in [2.24, 2.45) is 7.05 Å². The van der Waals surface area contributed by atoms with Gasteiger partial charge >= 0.3 is 0 Å². The minimum Gasteiger partial charge on any atom is -1.00 e. The molecule has 0 atom stereocenters. The van der Waals surface area contributed by atoms with E-state index >= 15 is 0 Å². The van der Waals surface area contributed by atoms with Gasteiger partial charge in [0.2, 0.25) is 0 Å². The number of anilines is 2. The first-order valence-corrected chi connectivity index (χ1v) is 5.75. The summed E-state index contributed by atoms with van der Waals surface area (Å²) in [6.07, 6.45) is 2.03. The van der Waals surface area contributed by atoms with Gasteiger partial charge in [-0.3, -0.25) is 0 Å². The SMILES string of the molecule is CNCc1ccc(Nc2cccc[n+]2C)cc1.[I-]. The fourth-order valence-corrected chi connectivity index (χ4v) is 1.71. The number of aryl methyl sites for hydroxylation is 1. The maximum atomic E-state index is 3.38. The molecule has 0 spiro atoms. The van der Waals surface area contributed by atoms with Gasteiger partial charge in [-0.25, -0.2) is 9.88 Å². The third-order valence-corrected chi connectivity index (χ3v) is 2.66. The first kappa shape index (κ1) is 14.9. The van der Waals surface area contributed by atoms with Gasteiger partial charge in [0.05, 0.1) is 13.2 Å². The van der Waals surface area contributed by atoms with Gasteiger partial charge in [0.1, 0.15) is 5.69 Å². The predicted octanol–water partition coefficient (Wildman–Crippen LogP) is -1.02. The molecule has 0 saturated carbocycles. The standard InChI is InChI=1S/C14H17N3.HI/c1-15-11-12-6-8-13(9-7-12)16-14-5-3-4-10-17(14)2;/h3-10,15H,11H2,1-2H3;1H. The van der Waals surface area contributed by atoms with Crippen LogP contribution in [-0.4, -0.2) is 7.05 Å². The van der Waals surface area contributed by atoms with Crippen molar-refractivity contribution in [2.45, 2.75) is 6.54 Å². The Labute approximate surface area is 125 Å². The lowest BCUT2D eigenvalue weighted by molar-refractivity contribution is -0.657. The number of nitrogens with zero attached hydrogens (tertiary/aromatic N) is 1. The van der Waals surface area contributed by atoms with Crippen molar-refractivity contribution in [1.82, 2.24) is 5.32 Å². The van der Waals surface area contributed by atoms with E-state index in [4.69, 9.17) is 0 Å². The second-order valence-corrected chi connectivity index (χ2v) is 4.05. The molecule has 4 heteroatoms. The van der Waals surface area contributed by atoms with E-state index in [0.717, 1.165) is 18.1 Å². The van der Waals surface area contributed by atoms with Crippen molar-refractivity contribution in [3.8, 4) is 0 Å². The van der Waals surface area contributed by atoms with Crippen LogP contribution in [0.15, 0.2) is 48.7 Å². The van der Waals surface area contributed by atoms with Crippen molar-refractivity contribution in [1.29, 1.82) is 0 Å². The summed E-state index contributed by atoms with van der Waals surface area (Å²) in [7, 11) is 3.98. The predicted molar refractivity (Wildman–Crippen MR) is 70.1 cm³/mol. The van der Waals surface area contributed by atoms with E-state index in [9.17, 15) is 0 Å². The van der Waals surface area contributed by atoms with Gasteiger partial charge in [0, 0.05) is 12.6 Å². The summed E-state index contributed by atoms with van der Waals surface area (Å²) in [4.78, 5) is 0. The highest BCUT2D eigenvalue weighted by Gasteiger charge is 2.04. The number of rotatable bonds is 4. The van der Waals surface area contributed by atoms with Crippen LogP contribution in [0.2, 0.25) is 0 Å². The summed E-state index contributed by atoms with van der Waals surface area (Å²) in [6, 6.07) is 14.5. The zero-order chi connectivity index (χ0) is 12.1. The summed E-state index contributed by atoms with van der Waals surface area (Å²) in [5.74, 6) is 1.08. The second kappa shape index (κ2) is 7.33. The van der Waals surface area contributed by atoms with Crippen molar-refractivity contribution in [3.05, 3.63) is 54.2 Å². The Kier molecular flexibility index (Phi) is 6.07. The molecule has 0 unspecified atom stereocenters. The third kappa shape index (κ3) is 3.96. The Morgan fingerprint density at radius 1 is 1.06 bits per heavy atom. The minimum atomic E-state index is 0. The molecule has 1 aromatic carbocycles. The highest BCUT2D eigenvalue weighted by atomic mass is 127. The first-order chi connectivity index (χ1) is 8.29. The molecule has 2 N–H and O–H groups in total. The van der Waals surface area contributed by atoms with E-state index in [-0.39, 0.29) is 24.0 Å². The van der Waals surface area contributed by atoms with Crippen LogP contribution < -0.4 is 39.2 Å². The molecule has 0 aliphatic heterocycles. The number of benzene rings is 1. The van der Waals surface area contributed by atoms with Crippen LogP contribution >= 0.6 is 0 Å². The molecule has 2 aromatic rings. The topological polar surface area (TPSA) is 27.9 Å². The van der Waals surface area contributed by atoms with E-state index < -0.39 is 0 Å². The fraction of sp³-hybridized carbons (Fsp3) is 0.214. The van der Waals surface area contributed by atoms with Crippen LogP contribution in [0.4, 0.5) is 11.5 Å². The number of halogens is 1. The summed E-state index contributed by atoms with van der Waals surface area (Å²) >= 11 is 0. The van der Waals surface area contributed by atoms with E-state index in [1.54, 1.807) is 0 Å². The number of nitrogens with one attached hydrogen (secondary N) is 2.